The maximum absolute atomic E-state index is 11.0. The third kappa shape index (κ3) is 3.68. The minimum atomic E-state index is -0.563. The topological polar surface area (TPSA) is 95.6 Å². The molecule has 0 unspecified atom stereocenters. The van der Waals surface area contributed by atoms with Crippen molar-refractivity contribution in [3.05, 3.63) is 36.9 Å². The van der Waals surface area contributed by atoms with Crippen molar-refractivity contribution in [3.8, 4) is 0 Å². The van der Waals surface area contributed by atoms with E-state index in [2.05, 4.69) is 22.0 Å². The normalized spacial score (nSPS) is 9.12. The van der Waals surface area contributed by atoms with Gasteiger partial charge in [-0.3, -0.25) is 4.79 Å². The zero-order valence-corrected chi connectivity index (χ0v) is 16.9. The predicted molar refractivity (Wildman–Crippen MR) is 53.8 cm³/mol. The molecule has 0 aliphatic rings. The van der Waals surface area contributed by atoms with Crippen LogP contribution in [0.25, 0.3) is 16.6 Å². The molecule has 1 amide bonds. The van der Waals surface area contributed by atoms with Gasteiger partial charge in [0.15, 0.2) is 5.91 Å². The number of nitrogens with one attached hydrogen (secondary N) is 2. The summed E-state index contributed by atoms with van der Waals surface area (Å²) in [6.45, 7) is 0. The van der Waals surface area contributed by atoms with Gasteiger partial charge in [0.05, 0.1) is 0 Å². The van der Waals surface area contributed by atoms with Gasteiger partial charge in [0, 0.05) is 34.1 Å². The van der Waals surface area contributed by atoms with Crippen LogP contribution < -0.4 is 63.9 Å². The molecule has 1 aromatic heterocycles. The van der Waals surface area contributed by atoms with Gasteiger partial charge in [-0.15, -0.1) is 5.39 Å². The number of primary amides is 1. The number of nitrogens with two attached hydrogens (primary N) is 1. The molecular weight excluding hydrogens is 354 g/mol. The second-order valence-corrected chi connectivity index (χ2v) is 2.57. The van der Waals surface area contributed by atoms with E-state index in [0.29, 0.717) is 16.5 Å². The van der Waals surface area contributed by atoms with E-state index in [1.807, 2.05) is 0 Å². The fraction of sp³-hybridized carbons (Fsp3) is 0. The minimum Gasteiger partial charge on any atom is -0.491 e. The Hall–Kier alpha value is 0.869. The van der Waals surface area contributed by atoms with Crippen molar-refractivity contribution in [3.63, 3.8) is 0 Å². The van der Waals surface area contributed by atoms with E-state index < -0.39 is 5.91 Å². The number of nitrogens with zero attached hydrogens (tertiary/aromatic N) is 1. The molecule has 0 fully saturated rings. The van der Waals surface area contributed by atoms with Crippen LogP contribution in [-0.4, -0.2) is 16.1 Å². The number of hydrogen-bond donors (Lipinski definition) is 2. The molecule has 16 heavy (non-hydrogen) atoms. The van der Waals surface area contributed by atoms with Gasteiger partial charge in [-0.05, 0) is 5.56 Å². The summed E-state index contributed by atoms with van der Waals surface area (Å²) in [7, 11) is 0. The first kappa shape index (κ1) is 16.9. The average molecular weight is 366 g/mol. The predicted octanol–water partition coefficient (Wildman–Crippen LogP) is -1.40. The zero-order valence-electron chi connectivity index (χ0n) is 10.1. The summed E-state index contributed by atoms with van der Waals surface area (Å²) in [5, 5.41) is 6.92. The van der Waals surface area contributed by atoms with E-state index in [0.717, 1.165) is 0 Å². The maximum Gasteiger partial charge on any atom is 1.00 e. The third-order valence-corrected chi connectivity index (χ3v) is 1.77. The van der Waals surface area contributed by atoms with Crippen LogP contribution >= 0.6 is 0 Å². The molecule has 4 N–H and O–H groups in total. The Labute approximate surface area is 169 Å². The molecule has 0 spiro atoms. The molecule has 1 heterocycles. The van der Waals surface area contributed by atoms with E-state index in [9.17, 15) is 4.79 Å². The van der Waals surface area contributed by atoms with Crippen molar-refractivity contribution >= 4 is 22.6 Å². The maximum atomic E-state index is 11.0. The molecule has 2 aromatic rings. The van der Waals surface area contributed by atoms with Crippen molar-refractivity contribution in [1.29, 1.82) is 0 Å². The van der Waals surface area contributed by atoms with Crippen LogP contribution in [0.4, 0.5) is 5.82 Å². The number of aromatic nitrogens is 2. The number of carbonyl (C=O) groups is 1. The van der Waals surface area contributed by atoms with E-state index >= 15 is 0 Å². The summed E-state index contributed by atoms with van der Waals surface area (Å²) in [6, 6.07) is 5.81. The molecule has 77 valence electrons. The van der Waals surface area contributed by atoms with Gasteiger partial charge in [-0.2, -0.15) is 18.2 Å². The van der Waals surface area contributed by atoms with Crippen molar-refractivity contribution in [2.45, 2.75) is 0 Å². The average Bonchev–Trinajstić information content (AvgIpc) is 2.59. The Balaban J connectivity index is 0. The van der Waals surface area contributed by atoms with Gasteiger partial charge in [0.25, 0.3) is 0 Å². The Bertz CT molecular complexity index is 505. The Kier molecular flexibility index (Phi) is 8.49. The van der Waals surface area contributed by atoms with Crippen molar-refractivity contribution < 1.29 is 97.1 Å². The van der Waals surface area contributed by atoms with Gasteiger partial charge in [-0.1, -0.05) is 11.3 Å². The standard InChI is InChI=1S/C8H7N4O.CH3.Rb.Y/c9-7-4-2-1-3-5(8(10)13)6(4)11-12-7;;;/h2-3H,(H5,9,10,11,12,13);1H3;;/q2*-1;+1;/p-1/i/hT. The fourth-order valence-corrected chi connectivity index (χ4v) is 1.16. The van der Waals surface area contributed by atoms with Crippen molar-refractivity contribution in [2.24, 2.45) is 5.73 Å². The first-order valence-electron chi connectivity index (χ1n) is 4.02. The minimum absolute atomic E-state index is 0. The molecule has 2 rings (SSSR count). The molecule has 7 heteroatoms. The number of H-pyrrole nitrogens is 1. The largest absolute Gasteiger partial charge is 1.00 e. The van der Waals surface area contributed by atoms with Crippen LogP contribution in [-0.2, 0) is 32.7 Å². The summed E-state index contributed by atoms with van der Waals surface area (Å²) < 4.78 is 6.83. The summed E-state index contributed by atoms with van der Waals surface area (Å²) in [6.07, 6.45) is 0. The SMILES string of the molecule is [3H][N-]c1n[nH]c2c(C(N)=O)c[c-]cc12.[CH3-].[Rb+].[Y]. The number of benzene rings is 1. The van der Waals surface area contributed by atoms with Crippen LogP contribution in [0.1, 0.15) is 10.4 Å². The van der Waals surface area contributed by atoms with Crippen molar-refractivity contribution in [1.82, 2.24) is 10.2 Å². The first-order chi connectivity index (χ1) is 6.74. The summed E-state index contributed by atoms with van der Waals surface area (Å²) in [4.78, 5) is 11.0. The number of carbonyl (C=O) groups excluding carboxylic acids is 1. The zero-order chi connectivity index (χ0) is 10.1. The van der Waals surface area contributed by atoms with Gasteiger partial charge >= 0.3 is 58.2 Å². The quantitative estimate of drug-likeness (QED) is 0.640. The van der Waals surface area contributed by atoms with Crippen LogP contribution in [0.2, 0.25) is 1.41 Å². The summed E-state index contributed by atoms with van der Waals surface area (Å²) in [5.74, 6) is -0.341. The molecule has 5 nitrogen and oxygen atoms in total. The smallest absolute Gasteiger partial charge is 0.491 e. The van der Waals surface area contributed by atoms with E-state index in [1.165, 1.54) is 6.07 Å². The second kappa shape index (κ2) is 8.06. The molecule has 0 aliphatic carbocycles. The van der Waals surface area contributed by atoms with Gasteiger partial charge in [0.2, 0.25) is 0 Å². The van der Waals surface area contributed by atoms with E-state index in [1.54, 1.807) is 6.07 Å². The monoisotopic (exact) mass is 365 g/mol. The molecular formula is C9H9N4ORbY-2. The van der Waals surface area contributed by atoms with E-state index in [4.69, 9.17) is 7.15 Å². The summed E-state index contributed by atoms with van der Waals surface area (Å²) in [5.41, 5.74) is 9.13. The second-order valence-electron chi connectivity index (χ2n) is 2.57. The Morgan fingerprint density at radius 1 is 1.62 bits per heavy atom. The number of aromatic amines is 1. The molecule has 0 bridgehead atoms. The Morgan fingerprint density at radius 2 is 2.31 bits per heavy atom. The van der Waals surface area contributed by atoms with E-state index in [-0.39, 0.29) is 104 Å². The third-order valence-electron chi connectivity index (χ3n) is 1.77. The number of rotatable bonds is 2. The molecule has 1 aromatic carbocycles. The number of hydrogen-bond acceptors (Lipinski definition) is 2. The van der Waals surface area contributed by atoms with Gasteiger partial charge in [-0.25, -0.2) is 0 Å². The Morgan fingerprint density at radius 3 is 2.88 bits per heavy atom. The van der Waals surface area contributed by atoms with Crippen LogP contribution in [0.15, 0.2) is 12.1 Å². The molecule has 1 radical (unpaired) electrons. The first-order valence-corrected chi connectivity index (χ1v) is 3.57. The summed E-state index contributed by atoms with van der Waals surface area (Å²) >= 11 is 0. The number of amides is 1. The molecule has 0 saturated heterocycles. The van der Waals surface area contributed by atoms with Gasteiger partial charge in [0.1, 0.15) is 0 Å². The van der Waals surface area contributed by atoms with Crippen LogP contribution in [0.5, 0.6) is 0 Å². The fourth-order valence-electron chi connectivity index (χ4n) is 1.16. The molecule has 0 saturated carbocycles. The molecule has 0 atom stereocenters. The van der Waals surface area contributed by atoms with Gasteiger partial charge < -0.3 is 29.1 Å². The number of fused-ring (bicyclic) bond motifs is 1. The van der Waals surface area contributed by atoms with Crippen LogP contribution in [0.3, 0.4) is 0 Å². The van der Waals surface area contributed by atoms with Crippen molar-refractivity contribution in [2.75, 3.05) is 0 Å². The van der Waals surface area contributed by atoms with Crippen LogP contribution in [0, 0.1) is 13.5 Å². The molecule has 0 aliphatic heterocycles.